The van der Waals surface area contributed by atoms with E-state index in [1.807, 2.05) is 35.0 Å². The minimum Gasteiger partial charge on any atom is -0.489 e. The zero-order valence-electron chi connectivity index (χ0n) is 12.9. The molecule has 0 unspecified atom stereocenters. The highest BCUT2D eigenvalue weighted by Gasteiger charge is 1.95. The molecule has 0 atom stereocenters. The van der Waals surface area contributed by atoms with Gasteiger partial charge in [-0.3, -0.25) is 4.68 Å². The Labute approximate surface area is 136 Å². The maximum Gasteiger partial charge on any atom is 0.137 e. The smallest absolute Gasteiger partial charge is 0.137 e. The van der Waals surface area contributed by atoms with E-state index in [4.69, 9.17) is 4.74 Å². The quantitative estimate of drug-likeness (QED) is 0.663. The molecule has 1 heterocycles. The molecule has 0 saturated carbocycles. The molecule has 0 bridgehead atoms. The van der Waals surface area contributed by atoms with Crippen LogP contribution < -0.4 is 4.74 Å². The van der Waals surface area contributed by atoms with Crippen LogP contribution in [0.25, 0.3) is 6.08 Å². The molecule has 0 amide bonds. The molecule has 2 aromatic carbocycles. The van der Waals surface area contributed by atoms with Gasteiger partial charge in [-0.05, 0) is 29.7 Å². The zero-order valence-corrected chi connectivity index (χ0v) is 12.9. The van der Waals surface area contributed by atoms with Gasteiger partial charge in [0.15, 0.2) is 0 Å². The van der Waals surface area contributed by atoms with Gasteiger partial charge in [0.1, 0.15) is 25.0 Å². The SMILES string of the molecule is C(=C\c1ccc(OCc2ccccc2)cc1)/CCn1cncn1. The highest BCUT2D eigenvalue weighted by atomic mass is 16.5. The van der Waals surface area contributed by atoms with Crippen molar-refractivity contribution < 1.29 is 4.74 Å². The number of nitrogens with zero attached hydrogens (tertiary/aromatic N) is 3. The van der Waals surface area contributed by atoms with Crippen LogP contribution in [-0.2, 0) is 13.2 Å². The molecule has 4 heteroatoms. The van der Waals surface area contributed by atoms with Crippen LogP contribution in [-0.4, -0.2) is 14.8 Å². The van der Waals surface area contributed by atoms with Crippen molar-refractivity contribution in [2.75, 3.05) is 0 Å². The van der Waals surface area contributed by atoms with Gasteiger partial charge in [0.2, 0.25) is 0 Å². The van der Waals surface area contributed by atoms with E-state index in [1.54, 1.807) is 12.7 Å². The van der Waals surface area contributed by atoms with Crippen LogP contribution in [0.5, 0.6) is 5.75 Å². The summed E-state index contributed by atoms with van der Waals surface area (Å²) in [5.74, 6) is 0.883. The molecule has 0 radical (unpaired) electrons. The van der Waals surface area contributed by atoms with E-state index in [1.165, 1.54) is 5.56 Å². The first-order valence-corrected chi connectivity index (χ1v) is 7.66. The number of rotatable bonds is 7. The van der Waals surface area contributed by atoms with Gasteiger partial charge in [-0.15, -0.1) is 0 Å². The highest BCUT2D eigenvalue weighted by Crippen LogP contribution is 2.15. The lowest BCUT2D eigenvalue weighted by Crippen LogP contribution is -1.96. The highest BCUT2D eigenvalue weighted by molar-refractivity contribution is 5.50. The molecule has 3 aromatic rings. The summed E-state index contributed by atoms with van der Waals surface area (Å²) in [4.78, 5) is 3.92. The fourth-order valence-corrected chi connectivity index (χ4v) is 2.19. The van der Waals surface area contributed by atoms with Gasteiger partial charge in [0.25, 0.3) is 0 Å². The number of benzene rings is 2. The van der Waals surface area contributed by atoms with Gasteiger partial charge in [-0.2, -0.15) is 5.10 Å². The lowest BCUT2D eigenvalue weighted by atomic mass is 10.2. The number of aryl methyl sites for hydroxylation is 1. The third-order valence-corrected chi connectivity index (χ3v) is 3.43. The van der Waals surface area contributed by atoms with Gasteiger partial charge in [0.05, 0.1) is 0 Å². The van der Waals surface area contributed by atoms with E-state index in [0.717, 1.165) is 24.3 Å². The molecule has 0 spiro atoms. The van der Waals surface area contributed by atoms with Crippen LogP contribution in [0.1, 0.15) is 17.5 Å². The second kappa shape index (κ2) is 7.94. The Morgan fingerprint density at radius 2 is 1.83 bits per heavy atom. The monoisotopic (exact) mass is 305 g/mol. The van der Waals surface area contributed by atoms with Crippen molar-refractivity contribution >= 4 is 6.08 Å². The van der Waals surface area contributed by atoms with Crippen molar-refractivity contribution in [1.29, 1.82) is 0 Å². The van der Waals surface area contributed by atoms with Crippen molar-refractivity contribution in [2.45, 2.75) is 19.6 Å². The van der Waals surface area contributed by atoms with Crippen molar-refractivity contribution in [3.05, 3.63) is 84.5 Å². The van der Waals surface area contributed by atoms with Crippen molar-refractivity contribution in [3.63, 3.8) is 0 Å². The summed E-state index contributed by atoms with van der Waals surface area (Å²) in [7, 11) is 0. The molecule has 0 saturated heterocycles. The molecule has 3 rings (SSSR count). The number of hydrogen-bond donors (Lipinski definition) is 0. The Morgan fingerprint density at radius 1 is 1.00 bits per heavy atom. The zero-order chi connectivity index (χ0) is 15.7. The number of allylic oxidation sites excluding steroid dienone is 1. The number of ether oxygens (including phenoxy) is 1. The van der Waals surface area contributed by atoms with E-state index >= 15 is 0 Å². The first-order valence-electron chi connectivity index (χ1n) is 7.66. The first kappa shape index (κ1) is 15.0. The third kappa shape index (κ3) is 4.81. The van der Waals surface area contributed by atoms with Gasteiger partial charge in [-0.1, -0.05) is 54.6 Å². The predicted octanol–water partition coefficient (Wildman–Crippen LogP) is 3.96. The average Bonchev–Trinajstić information content (AvgIpc) is 3.12. The molecule has 23 heavy (non-hydrogen) atoms. The average molecular weight is 305 g/mol. The van der Waals surface area contributed by atoms with Crippen LogP contribution in [0.15, 0.2) is 73.3 Å². The van der Waals surface area contributed by atoms with Gasteiger partial charge in [-0.25, -0.2) is 4.98 Å². The molecule has 0 N–H and O–H groups in total. The molecule has 0 aliphatic rings. The van der Waals surface area contributed by atoms with Crippen LogP contribution in [0.4, 0.5) is 0 Å². The van der Waals surface area contributed by atoms with Crippen molar-refractivity contribution in [1.82, 2.24) is 14.8 Å². The van der Waals surface area contributed by atoms with Crippen LogP contribution in [0, 0.1) is 0 Å². The van der Waals surface area contributed by atoms with Crippen LogP contribution in [0.2, 0.25) is 0 Å². The molecule has 0 fully saturated rings. The molecular formula is C19H19N3O. The third-order valence-electron chi connectivity index (χ3n) is 3.43. The second-order valence-corrected chi connectivity index (χ2v) is 5.19. The summed E-state index contributed by atoms with van der Waals surface area (Å²) >= 11 is 0. The van der Waals surface area contributed by atoms with Gasteiger partial charge in [0, 0.05) is 6.54 Å². The van der Waals surface area contributed by atoms with Gasteiger partial charge >= 0.3 is 0 Å². The van der Waals surface area contributed by atoms with Crippen molar-refractivity contribution in [3.8, 4) is 5.75 Å². The normalized spacial score (nSPS) is 11.0. The number of aromatic nitrogens is 3. The lowest BCUT2D eigenvalue weighted by Gasteiger charge is -2.06. The lowest BCUT2D eigenvalue weighted by molar-refractivity contribution is 0.306. The molecule has 1 aromatic heterocycles. The topological polar surface area (TPSA) is 39.9 Å². The van der Waals surface area contributed by atoms with E-state index in [0.29, 0.717) is 6.61 Å². The van der Waals surface area contributed by atoms with Crippen LogP contribution in [0.3, 0.4) is 0 Å². The summed E-state index contributed by atoms with van der Waals surface area (Å²) < 4.78 is 7.60. The molecule has 0 aliphatic carbocycles. The molecule has 4 nitrogen and oxygen atoms in total. The molecular weight excluding hydrogens is 286 g/mol. The van der Waals surface area contributed by atoms with E-state index < -0.39 is 0 Å². The minimum atomic E-state index is 0.591. The Balaban J connectivity index is 1.46. The fourth-order valence-electron chi connectivity index (χ4n) is 2.19. The van der Waals surface area contributed by atoms with Gasteiger partial charge < -0.3 is 4.74 Å². The maximum atomic E-state index is 5.78. The van der Waals surface area contributed by atoms with Crippen molar-refractivity contribution in [2.24, 2.45) is 0 Å². The Bertz CT molecular complexity index is 719. The summed E-state index contributed by atoms with van der Waals surface area (Å²) in [5, 5.41) is 4.07. The van der Waals surface area contributed by atoms with E-state index in [-0.39, 0.29) is 0 Å². The fraction of sp³-hybridized carbons (Fsp3) is 0.158. The van der Waals surface area contributed by atoms with Crippen LogP contribution >= 0.6 is 0 Å². The second-order valence-electron chi connectivity index (χ2n) is 5.19. The summed E-state index contributed by atoms with van der Waals surface area (Å²) in [5.41, 5.74) is 2.33. The summed E-state index contributed by atoms with van der Waals surface area (Å²) in [6.07, 6.45) is 8.46. The largest absolute Gasteiger partial charge is 0.489 e. The number of hydrogen-bond acceptors (Lipinski definition) is 3. The maximum absolute atomic E-state index is 5.78. The minimum absolute atomic E-state index is 0.591. The van der Waals surface area contributed by atoms with E-state index in [9.17, 15) is 0 Å². The summed E-state index contributed by atoms with van der Waals surface area (Å²) in [6.45, 7) is 1.43. The predicted molar refractivity (Wildman–Crippen MR) is 90.9 cm³/mol. The first-order chi connectivity index (χ1) is 11.4. The van der Waals surface area contributed by atoms with E-state index in [2.05, 4.69) is 46.5 Å². The molecule has 0 aliphatic heterocycles. The standard InChI is InChI=1S/C19H19N3O/c1-2-7-18(8-3-1)14-23-19-11-9-17(10-12-19)6-4-5-13-22-16-20-15-21-22/h1-4,6-12,15-16H,5,13-14H2/b6-4+. The molecule has 116 valence electrons. The Morgan fingerprint density at radius 3 is 2.57 bits per heavy atom. The summed E-state index contributed by atoms with van der Waals surface area (Å²) in [6, 6.07) is 18.3. The Hall–Kier alpha value is -2.88. The Kier molecular flexibility index (Phi) is 5.19.